The van der Waals surface area contributed by atoms with Crippen LogP contribution in [0.4, 0.5) is 0 Å². The van der Waals surface area contributed by atoms with Crippen LogP contribution >= 0.6 is 0 Å². The summed E-state index contributed by atoms with van der Waals surface area (Å²) in [6.45, 7) is 5.35. The second-order valence-corrected chi connectivity index (χ2v) is 2.09. The first-order valence-corrected chi connectivity index (χ1v) is 3.06. The molecule has 0 fully saturated rings. The molecule has 1 rings (SSSR count). The van der Waals surface area contributed by atoms with Crippen molar-refractivity contribution in [1.82, 2.24) is 4.98 Å². The maximum atomic E-state index is 10.9. The molecule has 52 valence electrons. The van der Waals surface area contributed by atoms with Gasteiger partial charge in [-0.2, -0.15) is 0 Å². The van der Waals surface area contributed by atoms with Crippen molar-refractivity contribution in [3.8, 4) is 0 Å². The predicted octanol–water partition coefficient (Wildman–Crippen LogP) is 1.33. The van der Waals surface area contributed by atoms with Crippen molar-refractivity contribution >= 4 is 6.08 Å². The van der Waals surface area contributed by atoms with Gasteiger partial charge in [0, 0.05) is 11.8 Å². The van der Waals surface area contributed by atoms with Crippen LogP contribution in [0.5, 0.6) is 0 Å². The maximum absolute atomic E-state index is 10.9. The number of aromatic nitrogens is 1. The van der Waals surface area contributed by atoms with Gasteiger partial charge in [-0.05, 0) is 18.6 Å². The molecule has 1 N–H and O–H groups in total. The molecule has 0 saturated carbocycles. The summed E-state index contributed by atoms with van der Waals surface area (Å²) in [5.41, 5.74) is 1.57. The Labute approximate surface area is 59.2 Å². The largest absolute Gasteiger partial charge is 0.329 e. The quantitative estimate of drug-likeness (QED) is 0.619. The minimum atomic E-state index is -0.0441. The molecule has 2 nitrogen and oxygen atoms in total. The molecular formula is C8H9NO. The molecular weight excluding hydrogens is 126 g/mol. The molecule has 0 aromatic carbocycles. The molecule has 0 aliphatic rings. The van der Waals surface area contributed by atoms with Crippen LogP contribution in [-0.2, 0) is 0 Å². The zero-order valence-corrected chi connectivity index (χ0v) is 5.85. The summed E-state index contributed by atoms with van der Waals surface area (Å²) in [6, 6.07) is 1.82. The van der Waals surface area contributed by atoms with E-state index in [0.717, 1.165) is 11.1 Å². The summed E-state index contributed by atoms with van der Waals surface area (Å²) in [5, 5.41) is 0. The maximum Gasteiger partial charge on any atom is 0.251 e. The molecule has 0 aliphatic carbocycles. The van der Waals surface area contributed by atoms with Crippen LogP contribution in [0.3, 0.4) is 0 Å². The van der Waals surface area contributed by atoms with E-state index in [-0.39, 0.29) is 5.56 Å². The van der Waals surface area contributed by atoms with Crippen molar-refractivity contribution in [3.63, 3.8) is 0 Å². The van der Waals surface area contributed by atoms with E-state index in [1.54, 1.807) is 19.2 Å². The molecule has 1 aromatic rings. The van der Waals surface area contributed by atoms with Crippen LogP contribution in [0, 0.1) is 6.92 Å². The Hall–Kier alpha value is -1.31. The molecule has 10 heavy (non-hydrogen) atoms. The summed E-state index contributed by atoms with van der Waals surface area (Å²) in [6.07, 6.45) is 3.29. The van der Waals surface area contributed by atoms with Gasteiger partial charge < -0.3 is 4.98 Å². The first-order chi connectivity index (χ1) is 4.75. The van der Waals surface area contributed by atoms with Gasteiger partial charge in [-0.3, -0.25) is 4.79 Å². The topological polar surface area (TPSA) is 32.9 Å². The van der Waals surface area contributed by atoms with Crippen molar-refractivity contribution in [3.05, 3.63) is 40.3 Å². The molecule has 0 unspecified atom stereocenters. The van der Waals surface area contributed by atoms with Crippen LogP contribution in [0.25, 0.3) is 6.08 Å². The lowest BCUT2D eigenvalue weighted by molar-refractivity contribution is 1.17. The molecule has 1 aromatic heterocycles. The third-order valence-corrected chi connectivity index (χ3v) is 1.47. The van der Waals surface area contributed by atoms with E-state index in [9.17, 15) is 4.79 Å². The lowest BCUT2D eigenvalue weighted by Crippen LogP contribution is -2.08. The van der Waals surface area contributed by atoms with Crippen molar-refractivity contribution in [2.75, 3.05) is 0 Å². The third-order valence-electron chi connectivity index (χ3n) is 1.47. The van der Waals surface area contributed by atoms with E-state index in [2.05, 4.69) is 11.6 Å². The molecule has 0 bridgehead atoms. The zero-order chi connectivity index (χ0) is 7.56. The van der Waals surface area contributed by atoms with Crippen molar-refractivity contribution in [2.24, 2.45) is 0 Å². The Kier molecular flexibility index (Phi) is 1.71. The molecule has 1 heterocycles. The van der Waals surface area contributed by atoms with Gasteiger partial charge in [0.15, 0.2) is 0 Å². The van der Waals surface area contributed by atoms with Crippen LogP contribution in [-0.4, -0.2) is 4.98 Å². The molecule has 0 amide bonds. The Balaban J connectivity index is 3.41. The van der Waals surface area contributed by atoms with E-state index >= 15 is 0 Å². The van der Waals surface area contributed by atoms with E-state index in [1.165, 1.54) is 0 Å². The first kappa shape index (κ1) is 6.81. The number of nitrogens with one attached hydrogen (secondary N) is 1. The number of hydrogen-bond acceptors (Lipinski definition) is 1. The Bertz CT molecular complexity index is 298. The molecule has 2 heteroatoms. The van der Waals surface area contributed by atoms with E-state index < -0.39 is 0 Å². The highest BCUT2D eigenvalue weighted by Gasteiger charge is 1.94. The van der Waals surface area contributed by atoms with Crippen LogP contribution in [0.2, 0.25) is 0 Å². The summed E-state index contributed by atoms with van der Waals surface area (Å²) >= 11 is 0. The number of aromatic amines is 1. The molecule has 0 spiro atoms. The first-order valence-electron chi connectivity index (χ1n) is 3.06. The smallest absolute Gasteiger partial charge is 0.251 e. The van der Waals surface area contributed by atoms with Gasteiger partial charge in [0.25, 0.3) is 5.56 Å². The molecule has 0 saturated heterocycles. The minimum absolute atomic E-state index is 0.0441. The minimum Gasteiger partial charge on any atom is -0.329 e. The van der Waals surface area contributed by atoms with Gasteiger partial charge >= 0.3 is 0 Å². The predicted molar refractivity (Wildman–Crippen MR) is 41.9 cm³/mol. The van der Waals surface area contributed by atoms with Crippen LogP contribution < -0.4 is 5.56 Å². The summed E-state index contributed by atoms with van der Waals surface area (Å²) in [5.74, 6) is 0. The fourth-order valence-electron chi connectivity index (χ4n) is 0.793. The highest BCUT2D eigenvalue weighted by molar-refractivity contribution is 5.49. The van der Waals surface area contributed by atoms with Gasteiger partial charge in [-0.25, -0.2) is 0 Å². The summed E-state index contributed by atoms with van der Waals surface area (Å²) in [7, 11) is 0. The standard InChI is InChI=1S/C8H9NO/c1-3-7-4-5-9-8(10)6(7)2/h3-5H,1H2,2H3,(H,9,10). The third kappa shape index (κ3) is 1.00. The lowest BCUT2D eigenvalue weighted by atomic mass is 10.1. The van der Waals surface area contributed by atoms with E-state index in [0.29, 0.717) is 0 Å². The highest BCUT2D eigenvalue weighted by atomic mass is 16.1. The molecule has 0 aliphatic heterocycles. The van der Waals surface area contributed by atoms with Gasteiger partial charge in [-0.15, -0.1) is 0 Å². The van der Waals surface area contributed by atoms with Crippen molar-refractivity contribution in [2.45, 2.75) is 6.92 Å². The Morgan fingerprint density at radius 3 is 2.90 bits per heavy atom. The van der Waals surface area contributed by atoms with E-state index in [4.69, 9.17) is 0 Å². The van der Waals surface area contributed by atoms with Gasteiger partial charge in [-0.1, -0.05) is 12.7 Å². The zero-order valence-electron chi connectivity index (χ0n) is 5.85. The fourth-order valence-corrected chi connectivity index (χ4v) is 0.793. The van der Waals surface area contributed by atoms with E-state index in [1.807, 2.05) is 6.07 Å². The second-order valence-electron chi connectivity index (χ2n) is 2.09. The van der Waals surface area contributed by atoms with Crippen LogP contribution in [0.1, 0.15) is 11.1 Å². The SMILES string of the molecule is C=Cc1cc[nH]c(=O)c1C. The number of hydrogen-bond donors (Lipinski definition) is 1. The van der Waals surface area contributed by atoms with Crippen molar-refractivity contribution in [1.29, 1.82) is 0 Å². The fraction of sp³-hybridized carbons (Fsp3) is 0.125. The number of pyridine rings is 1. The molecule has 0 radical (unpaired) electrons. The number of H-pyrrole nitrogens is 1. The lowest BCUT2D eigenvalue weighted by Gasteiger charge is -1.94. The normalized spacial score (nSPS) is 9.30. The average Bonchev–Trinajstić information content (AvgIpc) is 1.95. The highest BCUT2D eigenvalue weighted by Crippen LogP contribution is 2.00. The van der Waals surface area contributed by atoms with Gasteiger partial charge in [0.05, 0.1) is 0 Å². The Morgan fingerprint density at radius 2 is 2.40 bits per heavy atom. The average molecular weight is 135 g/mol. The van der Waals surface area contributed by atoms with Crippen LogP contribution in [0.15, 0.2) is 23.6 Å². The number of rotatable bonds is 1. The summed E-state index contributed by atoms with van der Waals surface area (Å²) in [4.78, 5) is 13.5. The monoisotopic (exact) mass is 135 g/mol. The second kappa shape index (κ2) is 2.52. The van der Waals surface area contributed by atoms with Gasteiger partial charge in [0.1, 0.15) is 0 Å². The Morgan fingerprint density at radius 1 is 1.70 bits per heavy atom. The van der Waals surface area contributed by atoms with Gasteiger partial charge in [0.2, 0.25) is 0 Å². The molecule has 0 atom stereocenters. The summed E-state index contributed by atoms with van der Waals surface area (Å²) < 4.78 is 0. The van der Waals surface area contributed by atoms with Crippen molar-refractivity contribution < 1.29 is 0 Å².